The van der Waals surface area contributed by atoms with E-state index in [0.29, 0.717) is 6.54 Å². The molecule has 1 N–H and O–H groups in total. The second-order valence-electron chi connectivity index (χ2n) is 3.85. The first-order valence-corrected chi connectivity index (χ1v) is 5.61. The Balaban J connectivity index is 2.79. The van der Waals surface area contributed by atoms with E-state index >= 15 is 0 Å². The predicted octanol–water partition coefficient (Wildman–Crippen LogP) is 1.63. The van der Waals surface area contributed by atoms with Crippen LogP contribution in [0.3, 0.4) is 0 Å². The molecule has 16 heavy (non-hydrogen) atoms. The highest BCUT2D eigenvalue weighted by Gasteiger charge is 2.21. The lowest BCUT2D eigenvalue weighted by atomic mass is 9.95. The number of amides is 1. The largest absolute Gasteiger partial charge is 0.395 e. The first-order chi connectivity index (χ1) is 7.70. The molecule has 3 heteroatoms. The number of rotatable bonds is 5. The highest BCUT2D eigenvalue weighted by Crippen LogP contribution is 2.21. The van der Waals surface area contributed by atoms with Crippen molar-refractivity contribution in [3.05, 3.63) is 35.9 Å². The molecule has 1 unspecified atom stereocenters. The summed E-state index contributed by atoms with van der Waals surface area (Å²) in [5.41, 5.74) is 1.04. The summed E-state index contributed by atoms with van der Waals surface area (Å²) >= 11 is 0. The molecule has 0 bridgehead atoms. The number of aliphatic hydroxyl groups is 1. The van der Waals surface area contributed by atoms with E-state index in [9.17, 15) is 4.79 Å². The van der Waals surface area contributed by atoms with Crippen molar-refractivity contribution in [3.8, 4) is 0 Å². The molecule has 1 rings (SSSR count). The minimum absolute atomic E-state index is 0.00740. The third kappa shape index (κ3) is 3.07. The molecule has 1 aromatic rings. The SMILES string of the molecule is CCC(C(=O)N(C)CCO)c1ccccc1. The van der Waals surface area contributed by atoms with Crippen molar-refractivity contribution in [2.24, 2.45) is 0 Å². The summed E-state index contributed by atoms with van der Waals surface area (Å²) in [6, 6.07) is 9.77. The monoisotopic (exact) mass is 221 g/mol. The second kappa shape index (κ2) is 6.28. The van der Waals surface area contributed by atoms with E-state index in [-0.39, 0.29) is 18.4 Å². The van der Waals surface area contributed by atoms with Gasteiger partial charge in [0.15, 0.2) is 0 Å². The molecular formula is C13H19NO2. The molecule has 1 aromatic carbocycles. The Labute approximate surface area is 96.7 Å². The Morgan fingerprint density at radius 2 is 2.00 bits per heavy atom. The van der Waals surface area contributed by atoms with Crippen LogP contribution in [0, 0.1) is 0 Å². The number of benzene rings is 1. The Morgan fingerprint density at radius 3 is 2.50 bits per heavy atom. The molecular weight excluding hydrogens is 202 g/mol. The number of nitrogens with zero attached hydrogens (tertiary/aromatic N) is 1. The smallest absolute Gasteiger partial charge is 0.229 e. The maximum atomic E-state index is 12.1. The van der Waals surface area contributed by atoms with Crippen molar-refractivity contribution < 1.29 is 9.90 Å². The number of hydrogen-bond donors (Lipinski definition) is 1. The molecule has 0 aliphatic rings. The fourth-order valence-electron chi connectivity index (χ4n) is 1.76. The van der Waals surface area contributed by atoms with Crippen molar-refractivity contribution in [1.29, 1.82) is 0 Å². The molecule has 0 spiro atoms. The molecule has 0 heterocycles. The zero-order valence-corrected chi connectivity index (χ0v) is 9.89. The van der Waals surface area contributed by atoms with Crippen molar-refractivity contribution in [1.82, 2.24) is 4.90 Å². The van der Waals surface area contributed by atoms with Gasteiger partial charge >= 0.3 is 0 Å². The van der Waals surface area contributed by atoms with Crippen molar-refractivity contribution in [3.63, 3.8) is 0 Å². The summed E-state index contributed by atoms with van der Waals surface area (Å²) in [7, 11) is 1.73. The summed E-state index contributed by atoms with van der Waals surface area (Å²) in [5.74, 6) is -0.0273. The van der Waals surface area contributed by atoms with E-state index in [1.165, 1.54) is 0 Å². The van der Waals surface area contributed by atoms with E-state index in [1.54, 1.807) is 11.9 Å². The van der Waals surface area contributed by atoms with Gasteiger partial charge in [-0.3, -0.25) is 4.79 Å². The van der Waals surface area contributed by atoms with Gasteiger partial charge in [-0.2, -0.15) is 0 Å². The summed E-state index contributed by atoms with van der Waals surface area (Å²) in [6.07, 6.45) is 0.776. The minimum Gasteiger partial charge on any atom is -0.395 e. The fourth-order valence-corrected chi connectivity index (χ4v) is 1.76. The quantitative estimate of drug-likeness (QED) is 0.821. The molecule has 1 amide bonds. The average Bonchev–Trinajstić information content (AvgIpc) is 2.31. The summed E-state index contributed by atoms with van der Waals surface area (Å²) in [4.78, 5) is 13.7. The van der Waals surface area contributed by atoms with Gasteiger partial charge < -0.3 is 10.0 Å². The van der Waals surface area contributed by atoms with Crippen LogP contribution in [0.5, 0.6) is 0 Å². The maximum Gasteiger partial charge on any atom is 0.229 e. The van der Waals surface area contributed by atoms with Gasteiger partial charge in [-0.25, -0.2) is 0 Å². The standard InChI is InChI=1S/C13H19NO2/c1-3-12(11-7-5-4-6-8-11)13(16)14(2)9-10-15/h4-8,12,15H,3,9-10H2,1-2H3. The topological polar surface area (TPSA) is 40.5 Å². The lowest BCUT2D eigenvalue weighted by molar-refractivity contribution is -0.132. The normalized spacial score (nSPS) is 12.2. The third-order valence-electron chi connectivity index (χ3n) is 2.72. The zero-order chi connectivity index (χ0) is 12.0. The highest BCUT2D eigenvalue weighted by molar-refractivity contribution is 5.83. The molecule has 1 atom stereocenters. The van der Waals surface area contributed by atoms with E-state index < -0.39 is 0 Å². The summed E-state index contributed by atoms with van der Waals surface area (Å²) in [6.45, 7) is 2.40. The van der Waals surface area contributed by atoms with Gasteiger partial charge in [-0.1, -0.05) is 37.3 Å². The van der Waals surface area contributed by atoms with E-state index in [0.717, 1.165) is 12.0 Å². The summed E-state index contributed by atoms with van der Waals surface area (Å²) in [5, 5.41) is 8.82. The van der Waals surface area contributed by atoms with Gasteiger partial charge in [0.1, 0.15) is 0 Å². The van der Waals surface area contributed by atoms with Crippen LogP contribution in [-0.2, 0) is 4.79 Å². The van der Waals surface area contributed by atoms with Gasteiger partial charge in [0.2, 0.25) is 5.91 Å². The van der Waals surface area contributed by atoms with Crippen LogP contribution in [0.25, 0.3) is 0 Å². The highest BCUT2D eigenvalue weighted by atomic mass is 16.3. The van der Waals surface area contributed by atoms with Crippen LogP contribution in [-0.4, -0.2) is 36.1 Å². The zero-order valence-electron chi connectivity index (χ0n) is 9.89. The summed E-state index contributed by atoms with van der Waals surface area (Å²) < 4.78 is 0. The van der Waals surface area contributed by atoms with Crippen molar-refractivity contribution in [2.75, 3.05) is 20.2 Å². The molecule has 88 valence electrons. The van der Waals surface area contributed by atoms with Crippen LogP contribution >= 0.6 is 0 Å². The molecule has 0 aliphatic carbocycles. The fraction of sp³-hybridized carbons (Fsp3) is 0.462. The lowest BCUT2D eigenvalue weighted by Gasteiger charge is -2.22. The van der Waals surface area contributed by atoms with E-state index in [4.69, 9.17) is 5.11 Å². The lowest BCUT2D eigenvalue weighted by Crippen LogP contribution is -2.33. The average molecular weight is 221 g/mol. The van der Waals surface area contributed by atoms with Crippen molar-refractivity contribution >= 4 is 5.91 Å². The van der Waals surface area contributed by atoms with Gasteiger partial charge in [0.05, 0.1) is 12.5 Å². The van der Waals surface area contributed by atoms with Gasteiger partial charge in [-0.05, 0) is 12.0 Å². The van der Waals surface area contributed by atoms with Gasteiger partial charge in [-0.15, -0.1) is 0 Å². The van der Waals surface area contributed by atoms with Crippen molar-refractivity contribution in [2.45, 2.75) is 19.3 Å². The molecule has 0 aliphatic heterocycles. The minimum atomic E-state index is -0.0993. The Morgan fingerprint density at radius 1 is 1.38 bits per heavy atom. The van der Waals surface area contributed by atoms with Crippen LogP contribution in [0.2, 0.25) is 0 Å². The van der Waals surface area contributed by atoms with Crippen LogP contribution in [0.1, 0.15) is 24.8 Å². The number of carbonyl (C=O) groups excluding carboxylic acids is 1. The second-order valence-corrected chi connectivity index (χ2v) is 3.85. The molecule has 0 radical (unpaired) electrons. The Bertz CT molecular complexity index is 324. The van der Waals surface area contributed by atoms with Crippen LogP contribution < -0.4 is 0 Å². The molecule has 3 nitrogen and oxygen atoms in total. The molecule has 0 saturated carbocycles. The Hall–Kier alpha value is -1.35. The Kier molecular flexibility index (Phi) is 4.99. The predicted molar refractivity (Wildman–Crippen MR) is 64.2 cm³/mol. The van der Waals surface area contributed by atoms with Gasteiger partial charge in [0, 0.05) is 13.6 Å². The number of carbonyl (C=O) groups is 1. The van der Waals surface area contributed by atoms with E-state index in [2.05, 4.69) is 0 Å². The number of likely N-dealkylation sites (N-methyl/N-ethyl adjacent to an activating group) is 1. The molecule has 0 saturated heterocycles. The number of aliphatic hydroxyl groups excluding tert-OH is 1. The molecule has 0 aromatic heterocycles. The molecule has 0 fully saturated rings. The first kappa shape index (κ1) is 12.7. The first-order valence-electron chi connectivity index (χ1n) is 5.61. The van der Waals surface area contributed by atoms with Crippen LogP contribution in [0.15, 0.2) is 30.3 Å². The number of hydrogen-bond acceptors (Lipinski definition) is 2. The van der Waals surface area contributed by atoms with E-state index in [1.807, 2.05) is 37.3 Å². The van der Waals surface area contributed by atoms with Crippen LogP contribution in [0.4, 0.5) is 0 Å². The third-order valence-corrected chi connectivity index (χ3v) is 2.72. The maximum absolute atomic E-state index is 12.1. The van der Waals surface area contributed by atoms with Gasteiger partial charge in [0.25, 0.3) is 0 Å².